The maximum Gasteiger partial charge on any atom is 0.225 e. The fourth-order valence-corrected chi connectivity index (χ4v) is 0.920. The minimum atomic E-state index is 0.0392. The van der Waals surface area contributed by atoms with Crippen molar-refractivity contribution in [3.63, 3.8) is 0 Å². The number of nitrogens with zero attached hydrogens (tertiary/aromatic N) is 2. The van der Waals surface area contributed by atoms with Crippen molar-refractivity contribution in [3.8, 4) is 0 Å². The van der Waals surface area contributed by atoms with Crippen LogP contribution >= 0.6 is 11.6 Å². The normalized spacial score (nSPS) is 12.5. The van der Waals surface area contributed by atoms with Crippen molar-refractivity contribution in [1.82, 2.24) is 5.32 Å². The summed E-state index contributed by atoms with van der Waals surface area (Å²) in [7, 11) is 0. The monoisotopic (exact) mass is 215 g/mol. The molecule has 0 aromatic carbocycles. The van der Waals surface area contributed by atoms with Gasteiger partial charge in [-0.25, -0.2) is 9.98 Å². The Hall–Kier alpha value is -1.23. The van der Waals surface area contributed by atoms with Crippen molar-refractivity contribution in [1.29, 1.82) is 10.8 Å². The van der Waals surface area contributed by atoms with Crippen LogP contribution in [0.25, 0.3) is 0 Å². The Morgan fingerprint density at radius 2 is 2.07 bits per heavy atom. The molecule has 0 aliphatic carbocycles. The van der Waals surface area contributed by atoms with Crippen molar-refractivity contribution in [2.75, 3.05) is 6.54 Å². The lowest BCUT2D eigenvalue weighted by atomic mass is 10.4. The first-order valence-electron chi connectivity index (χ1n) is 4.13. The van der Waals surface area contributed by atoms with Gasteiger partial charge in [-0.05, 0) is 38.1 Å². The van der Waals surface area contributed by atoms with Gasteiger partial charge < -0.3 is 10.7 Å². The van der Waals surface area contributed by atoms with Crippen LogP contribution in [-0.4, -0.2) is 29.7 Å². The van der Waals surface area contributed by atoms with Crippen molar-refractivity contribution in [2.45, 2.75) is 20.3 Å². The van der Waals surface area contributed by atoms with Crippen LogP contribution in [-0.2, 0) is 0 Å². The van der Waals surface area contributed by atoms with E-state index in [-0.39, 0.29) is 11.1 Å². The van der Waals surface area contributed by atoms with Gasteiger partial charge in [0.25, 0.3) is 0 Å². The highest BCUT2D eigenvalue weighted by atomic mass is 35.5. The largest absolute Gasteiger partial charge is 0.373 e. The van der Waals surface area contributed by atoms with Gasteiger partial charge in [-0.15, -0.1) is 0 Å². The molecule has 0 aromatic rings. The molecule has 0 unspecified atom stereocenters. The van der Waals surface area contributed by atoms with Gasteiger partial charge in [0, 0.05) is 6.54 Å². The van der Waals surface area contributed by atoms with Gasteiger partial charge in [-0.2, -0.15) is 0 Å². The van der Waals surface area contributed by atoms with Gasteiger partial charge in [0.15, 0.2) is 0 Å². The Kier molecular flexibility index (Phi) is 6.57. The molecule has 5 nitrogen and oxygen atoms in total. The number of aliphatic imine (C=N–C) groups is 2. The maximum atomic E-state index is 7.05. The molecule has 0 aliphatic rings. The zero-order chi connectivity index (χ0) is 11.0. The Morgan fingerprint density at radius 3 is 2.57 bits per heavy atom. The van der Waals surface area contributed by atoms with E-state index in [4.69, 9.17) is 22.4 Å². The average molecular weight is 216 g/mol. The first-order valence-corrected chi connectivity index (χ1v) is 4.51. The summed E-state index contributed by atoms with van der Waals surface area (Å²) in [6.07, 6.45) is 1.96. The summed E-state index contributed by atoms with van der Waals surface area (Å²) in [5.74, 6) is 0.743. The molecular weight excluding hydrogens is 202 g/mol. The lowest BCUT2D eigenvalue weighted by Crippen LogP contribution is -2.22. The smallest absolute Gasteiger partial charge is 0.225 e. The molecule has 0 aliphatic heterocycles. The number of hydrogen-bond acceptors (Lipinski definition) is 2. The quantitative estimate of drug-likeness (QED) is 0.284. The van der Waals surface area contributed by atoms with E-state index in [0.717, 1.165) is 0 Å². The second kappa shape index (κ2) is 7.20. The Morgan fingerprint density at radius 1 is 1.43 bits per heavy atom. The van der Waals surface area contributed by atoms with Gasteiger partial charge >= 0.3 is 0 Å². The van der Waals surface area contributed by atoms with Crippen LogP contribution in [0.15, 0.2) is 9.98 Å². The zero-order valence-electron chi connectivity index (χ0n) is 8.26. The van der Waals surface area contributed by atoms with Crippen molar-refractivity contribution < 1.29 is 0 Å². The summed E-state index contributed by atoms with van der Waals surface area (Å²) in [6.45, 7) is 3.92. The van der Waals surface area contributed by atoms with Gasteiger partial charge in [-0.3, -0.25) is 5.41 Å². The Bertz CT molecular complexity index is 269. The van der Waals surface area contributed by atoms with E-state index in [9.17, 15) is 0 Å². The third-order valence-electron chi connectivity index (χ3n) is 1.19. The molecule has 0 spiro atoms. The van der Waals surface area contributed by atoms with Crippen LogP contribution in [0.2, 0.25) is 0 Å². The number of halogens is 1. The SMILES string of the molecule is CC(=N)/N=C(Cl)\N=C(/C)NCCC=N. The molecule has 14 heavy (non-hydrogen) atoms. The molecule has 0 aromatic heterocycles. The molecule has 0 heterocycles. The van der Waals surface area contributed by atoms with Crippen LogP contribution in [0.3, 0.4) is 0 Å². The number of amidine groups is 3. The van der Waals surface area contributed by atoms with E-state index in [1.54, 1.807) is 6.92 Å². The van der Waals surface area contributed by atoms with Crippen LogP contribution in [0.4, 0.5) is 0 Å². The molecular formula is C8H14ClN5. The molecule has 78 valence electrons. The molecule has 3 N–H and O–H groups in total. The second-order valence-electron chi connectivity index (χ2n) is 2.58. The molecule has 0 saturated carbocycles. The summed E-state index contributed by atoms with van der Waals surface area (Å²) in [4.78, 5) is 7.53. The fourth-order valence-electron chi connectivity index (χ4n) is 0.667. The lowest BCUT2D eigenvalue weighted by molar-refractivity contribution is 0.914. The molecule has 0 rings (SSSR count). The Balaban J connectivity index is 4.08. The van der Waals surface area contributed by atoms with E-state index in [1.165, 1.54) is 13.1 Å². The predicted octanol–water partition coefficient (Wildman–Crippen LogP) is 1.63. The summed E-state index contributed by atoms with van der Waals surface area (Å²) >= 11 is 5.62. The first kappa shape index (κ1) is 12.8. The van der Waals surface area contributed by atoms with Crippen LogP contribution < -0.4 is 5.32 Å². The molecule has 0 bridgehead atoms. The van der Waals surface area contributed by atoms with E-state index in [2.05, 4.69) is 15.3 Å². The average Bonchev–Trinajstić information content (AvgIpc) is 2.02. The summed E-state index contributed by atoms with van der Waals surface area (Å²) in [5, 5.41) is 16.8. The maximum absolute atomic E-state index is 7.05. The van der Waals surface area contributed by atoms with Gasteiger partial charge in [0.2, 0.25) is 5.29 Å². The standard InChI is InChI=1S/C8H14ClN5/c1-6(11)13-8(9)14-7(2)12-5-3-4-10/h4,10H,3,5H2,1-2H3,(H2,11,12,13,14). The van der Waals surface area contributed by atoms with E-state index in [1.807, 2.05) is 0 Å². The second-order valence-corrected chi connectivity index (χ2v) is 2.92. The third kappa shape index (κ3) is 7.42. The van der Waals surface area contributed by atoms with Crippen LogP contribution in [0, 0.1) is 10.8 Å². The van der Waals surface area contributed by atoms with Gasteiger partial charge in [0.05, 0.1) is 0 Å². The molecule has 0 amide bonds. The minimum absolute atomic E-state index is 0.0392. The third-order valence-corrected chi connectivity index (χ3v) is 1.36. The van der Waals surface area contributed by atoms with E-state index < -0.39 is 0 Å². The van der Waals surface area contributed by atoms with E-state index >= 15 is 0 Å². The number of rotatable bonds is 3. The predicted molar refractivity (Wildman–Crippen MR) is 61.2 cm³/mol. The molecule has 0 fully saturated rings. The highest BCUT2D eigenvalue weighted by Crippen LogP contribution is 1.90. The molecule has 0 saturated heterocycles. The van der Waals surface area contributed by atoms with Gasteiger partial charge in [0.1, 0.15) is 11.7 Å². The zero-order valence-corrected chi connectivity index (χ0v) is 9.02. The minimum Gasteiger partial charge on any atom is -0.373 e. The van der Waals surface area contributed by atoms with Crippen LogP contribution in [0.5, 0.6) is 0 Å². The summed E-state index contributed by atoms with van der Waals surface area (Å²) < 4.78 is 0. The lowest BCUT2D eigenvalue weighted by Gasteiger charge is -2.01. The molecule has 6 heteroatoms. The topological polar surface area (TPSA) is 84.5 Å². The van der Waals surface area contributed by atoms with E-state index in [0.29, 0.717) is 18.8 Å². The molecule has 0 radical (unpaired) electrons. The Labute approximate surface area is 88.3 Å². The number of hydrogen-bond donors (Lipinski definition) is 3. The summed E-state index contributed by atoms with van der Waals surface area (Å²) in [6, 6.07) is 0. The first-order chi connectivity index (χ1) is 6.56. The molecule has 0 atom stereocenters. The van der Waals surface area contributed by atoms with Crippen LogP contribution in [0.1, 0.15) is 20.3 Å². The van der Waals surface area contributed by atoms with Gasteiger partial charge in [-0.1, -0.05) is 0 Å². The summed E-state index contributed by atoms with van der Waals surface area (Å²) in [5.41, 5.74) is 0. The fraction of sp³-hybridized carbons (Fsp3) is 0.500. The van der Waals surface area contributed by atoms with Crippen molar-refractivity contribution in [2.24, 2.45) is 9.98 Å². The highest BCUT2D eigenvalue weighted by Gasteiger charge is 1.93. The number of nitrogens with one attached hydrogen (secondary N) is 3. The highest BCUT2D eigenvalue weighted by molar-refractivity contribution is 6.66. The van der Waals surface area contributed by atoms with Crippen molar-refractivity contribution in [3.05, 3.63) is 0 Å². The van der Waals surface area contributed by atoms with Crippen molar-refractivity contribution >= 4 is 34.8 Å².